The van der Waals surface area contributed by atoms with Gasteiger partial charge in [0.05, 0.1) is 28.0 Å². The van der Waals surface area contributed by atoms with Crippen molar-refractivity contribution >= 4 is 46.0 Å². The minimum atomic E-state index is -0.984. The monoisotopic (exact) mass is 525 g/mol. The number of aryl methyl sites for hydroxylation is 1. The summed E-state index contributed by atoms with van der Waals surface area (Å²) in [7, 11) is 1.62. The van der Waals surface area contributed by atoms with Gasteiger partial charge in [0.2, 0.25) is 6.41 Å². The highest BCUT2D eigenvalue weighted by atomic mass is 35.5. The molecule has 0 fully saturated rings. The van der Waals surface area contributed by atoms with Gasteiger partial charge in [0.1, 0.15) is 29.3 Å². The number of benzene rings is 2. The summed E-state index contributed by atoms with van der Waals surface area (Å²) in [5.74, 6) is -1.18. The first-order valence-electron chi connectivity index (χ1n) is 10.9. The smallest absolute Gasteiger partial charge is 0.267 e. The lowest BCUT2D eigenvalue weighted by Crippen LogP contribution is -2.32. The van der Waals surface area contributed by atoms with Gasteiger partial charge < -0.3 is 15.3 Å². The lowest BCUT2D eigenvalue weighted by Gasteiger charge is -2.22. The van der Waals surface area contributed by atoms with Gasteiger partial charge in [-0.1, -0.05) is 0 Å². The normalized spacial score (nSPS) is 12.1. The Bertz CT molecular complexity index is 1720. The zero-order valence-electron chi connectivity index (χ0n) is 19.2. The van der Waals surface area contributed by atoms with Crippen molar-refractivity contribution < 1.29 is 17.9 Å². The Morgan fingerprint density at radius 1 is 1.22 bits per heavy atom. The van der Waals surface area contributed by atoms with E-state index in [0.29, 0.717) is 23.0 Å². The third-order valence-electron chi connectivity index (χ3n) is 5.89. The molecule has 3 aromatic heterocycles. The van der Waals surface area contributed by atoms with E-state index in [1.54, 1.807) is 25.2 Å². The van der Waals surface area contributed by atoms with E-state index in [4.69, 9.17) is 21.9 Å². The van der Waals surface area contributed by atoms with Crippen molar-refractivity contribution in [3.8, 4) is 11.4 Å². The highest BCUT2D eigenvalue weighted by Crippen LogP contribution is 2.35. The van der Waals surface area contributed by atoms with Crippen molar-refractivity contribution in [2.75, 3.05) is 5.73 Å². The van der Waals surface area contributed by atoms with Crippen LogP contribution in [0.25, 0.3) is 27.6 Å². The van der Waals surface area contributed by atoms with Gasteiger partial charge in [-0.2, -0.15) is 5.10 Å². The van der Waals surface area contributed by atoms with Gasteiger partial charge in [0.15, 0.2) is 17.2 Å². The van der Waals surface area contributed by atoms with Gasteiger partial charge in [-0.3, -0.25) is 18.8 Å². The standard InChI is InChI=1S/C24H18ClF2N7O3/c1-33-20-17(4-5-18(37-25)19(20)21(28)32-33)34-23(31-22-15(24(34)36)3-2-6-29-22)16(30-11-35)9-12-7-13(26)10-14(27)8-12/h2-8,10-11,16H,9H2,1H3,(H2,28,32)(H,30,35). The number of amides is 1. The molecular formula is C24H18ClF2N7O3. The molecule has 0 saturated heterocycles. The number of carbonyl (C=O) groups excluding carboxylic acids is 1. The third kappa shape index (κ3) is 4.20. The van der Waals surface area contributed by atoms with Crippen LogP contribution in [0.1, 0.15) is 17.4 Å². The number of carbonyl (C=O) groups is 1. The second-order valence-corrected chi connectivity index (χ2v) is 8.35. The number of nitrogens with zero attached hydrogens (tertiary/aromatic N) is 5. The summed E-state index contributed by atoms with van der Waals surface area (Å²) in [4.78, 5) is 34.2. The first-order valence-corrected chi connectivity index (χ1v) is 11.2. The van der Waals surface area contributed by atoms with Crippen LogP contribution in [0.3, 0.4) is 0 Å². The Labute approximate surface area is 212 Å². The van der Waals surface area contributed by atoms with Gasteiger partial charge in [-0.25, -0.2) is 18.7 Å². The van der Waals surface area contributed by atoms with Gasteiger partial charge >= 0.3 is 0 Å². The number of fused-ring (bicyclic) bond motifs is 2. The minimum Gasteiger partial charge on any atom is -0.385 e. The number of anilines is 1. The summed E-state index contributed by atoms with van der Waals surface area (Å²) in [6, 6.07) is 8.26. The van der Waals surface area contributed by atoms with E-state index < -0.39 is 23.2 Å². The fourth-order valence-corrected chi connectivity index (χ4v) is 4.55. The van der Waals surface area contributed by atoms with Crippen molar-refractivity contribution in [2.24, 2.45) is 7.05 Å². The Kier molecular flexibility index (Phi) is 6.17. The van der Waals surface area contributed by atoms with Crippen molar-refractivity contribution in [3.05, 3.63) is 82.0 Å². The molecule has 1 amide bonds. The molecule has 10 nitrogen and oxygen atoms in total. The van der Waals surface area contributed by atoms with Crippen molar-refractivity contribution in [3.63, 3.8) is 0 Å². The summed E-state index contributed by atoms with van der Waals surface area (Å²) in [5, 5.41) is 7.39. The Hall–Kier alpha value is -4.58. The van der Waals surface area contributed by atoms with Gasteiger partial charge in [-0.05, 0) is 42.0 Å². The van der Waals surface area contributed by atoms with Crippen molar-refractivity contribution in [1.82, 2.24) is 29.6 Å². The predicted octanol–water partition coefficient (Wildman–Crippen LogP) is 3.09. The molecule has 13 heteroatoms. The summed E-state index contributed by atoms with van der Waals surface area (Å²) < 4.78 is 35.5. The number of rotatable bonds is 7. The maximum atomic E-state index is 13.9. The number of nitrogen functional groups attached to an aromatic ring is 1. The first kappa shape index (κ1) is 24.1. The van der Waals surface area contributed by atoms with Gasteiger partial charge in [0, 0.05) is 25.7 Å². The largest absolute Gasteiger partial charge is 0.385 e. The fourth-order valence-electron chi connectivity index (χ4n) is 4.42. The topological polar surface area (TPSA) is 130 Å². The lowest BCUT2D eigenvalue weighted by atomic mass is 10.0. The molecule has 3 N–H and O–H groups in total. The number of pyridine rings is 1. The molecule has 0 aliphatic rings. The van der Waals surface area contributed by atoms with Crippen LogP contribution in [0.2, 0.25) is 0 Å². The van der Waals surface area contributed by atoms with Crippen LogP contribution >= 0.6 is 11.9 Å². The molecule has 5 aromatic rings. The summed E-state index contributed by atoms with van der Waals surface area (Å²) in [5.41, 5.74) is 6.65. The highest BCUT2D eigenvalue weighted by molar-refractivity contribution is 6.11. The van der Waals surface area contributed by atoms with E-state index in [2.05, 4.69) is 20.4 Å². The SMILES string of the molecule is Cn1nc(N)c2c(OCl)ccc(-n3c(C(Cc4cc(F)cc(F)c4)NC=O)nc4ncccc4c3=O)c21. The summed E-state index contributed by atoms with van der Waals surface area (Å²) in [6.07, 6.45) is 1.80. The fraction of sp³-hybridized carbons (Fsp3) is 0.125. The van der Waals surface area contributed by atoms with E-state index in [9.17, 15) is 18.4 Å². The van der Waals surface area contributed by atoms with E-state index in [0.717, 1.165) is 18.2 Å². The zero-order valence-corrected chi connectivity index (χ0v) is 19.9. The Morgan fingerprint density at radius 3 is 2.68 bits per heavy atom. The first-order chi connectivity index (χ1) is 17.8. The van der Waals surface area contributed by atoms with E-state index in [-0.39, 0.29) is 40.4 Å². The number of nitrogens with two attached hydrogens (primary N) is 1. The molecule has 5 rings (SSSR count). The molecule has 0 bridgehead atoms. The molecule has 0 spiro atoms. The van der Waals surface area contributed by atoms with Crippen molar-refractivity contribution in [1.29, 1.82) is 0 Å². The second-order valence-electron chi connectivity index (χ2n) is 8.20. The van der Waals surface area contributed by atoms with Crippen LogP contribution < -0.4 is 20.9 Å². The number of nitrogens with one attached hydrogen (secondary N) is 1. The molecule has 1 unspecified atom stereocenters. The third-order valence-corrected chi connectivity index (χ3v) is 6.06. The maximum Gasteiger partial charge on any atom is 0.267 e. The minimum absolute atomic E-state index is 0.0635. The van der Waals surface area contributed by atoms with Crippen LogP contribution in [-0.4, -0.2) is 30.7 Å². The number of hydrogen-bond donors (Lipinski definition) is 2. The summed E-state index contributed by atoms with van der Waals surface area (Å²) in [6.45, 7) is 0. The predicted molar refractivity (Wildman–Crippen MR) is 132 cm³/mol. The highest BCUT2D eigenvalue weighted by Gasteiger charge is 2.26. The average molecular weight is 526 g/mol. The molecule has 3 heterocycles. The van der Waals surface area contributed by atoms with E-state index in [1.165, 1.54) is 21.5 Å². The average Bonchev–Trinajstić information content (AvgIpc) is 3.17. The van der Waals surface area contributed by atoms with Gasteiger partial charge in [-0.15, -0.1) is 0 Å². The quantitative estimate of drug-likeness (QED) is 0.312. The van der Waals surface area contributed by atoms with Crippen LogP contribution in [-0.2, 0) is 18.3 Å². The molecule has 2 aromatic carbocycles. The zero-order chi connectivity index (χ0) is 26.3. The molecule has 0 aliphatic carbocycles. The van der Waals surface area contributed by atoms with Crippen LogP contribution in [0, 0.1) is 11.6 Å². The van der Waals surface area contributed by atoms with Crippen molar-refractivity contribution in [2.45, 2.75) is 12.5 Å². The lowest BCUT2D eigenvalue weighted by molar-refractivity contribution is -0.110. The van der Waals surface area contributed by atoms with Crippen LogP contribution in [0.4, 0.5) is 14.6 Å². The molecular weight excluding hydrogens is 508 g/mol. The number of halogens is 3. The number of aromatic nitrogens is 5. The Morgan fingerprint density at radius 2 is 1.97 bits per heavy atom. The second kappa shape index (κ2) is 9.47. The molecule has 37 heavy (non-hydrogen) atoms. The van der Waals surface area contributed by atoms with E-state index in [1.807, 2.05) is 0 Å². The summed E-state index contributed by atoms with van der Waals surface area (Å²) >= 11 is 5.64. The number of hydrogen-bond acceptors (Lipinski definition) is 7. The molecule has 0 radical (unpaired) electrons. The van der Waals surface area contributed by atoms with E-state index >= 15 is 0 Å². The van der Waals surface area contributed by atoms with Crippen LogP contribution in [0.15, 0.2) is 53.5 Å². The molecule has 1 atom stereocenters. The molecule has 0 aliphatic heterocycles. The maximum absolute atomic E-state index is 13.9. The van der Waals surface area contributed by atoms with Gasteiger partial charge in [0.25, 0.3) is 5.56 Å². The Balaban J connectivity index is 1.83. The van der Waals surface area contributed by atoms with Crippen LogP contribution in [0.5, 0.6) is 5.75 Å². The molecule has 188 valence electrons. The molecule has 0 saturated carbocycles.